The summed E-state index contributed by atoms with van der Waals surface area (Å²) in [5, 5.41) is 7.47. The minimum absolute atomic E-state index is 0.227. The average molecular weight is 384 g/mol. The molecule has 4 aromatic heterocycles. The summed E-state index contributed by atoms with van der Waals surface area (Å²) in [7, 11) is 0. The van der Waals surface area contributed by atoms with Gasteiger partial charge in [-0.15, -0.1) is 5.10 Å². The first kappa shape index (κ1) is 17.1. The third-order valence-electron chi connectivity index (χ3n) is 4.92. The second-order valence-electron chi connectivity index (χ2n) is 6.84. The third-order valence-corrected chi connectivity index (χ3v) is 4.92. The number of benzene rings is 1. The molecule has 0 aliphatic rings. The molecule has 5 aromatic rings. The molecular formula is C21H16N6O2. The van der Waals surface area contributed by atoms with Crippen LogP contribution in [0.5, 0.6) is 0 Å². The second kappa shape index (κ2) is 6.23. The van der Waals surface area contributed by atoms with Crippen LogP contribution in [0, 0.1) is 13.8 Å². The summed E-state index contributed by atoms with van der Waals surface area (Å²) in [5.41, 5.74) is 2.26. The number of para-hydroxylation sites is 1. The molecule has 1 aromatic carbocycles. The van der Waals surface area contributed by atoms with Gasteiger partial charge in [-0.3, -0.25) is 19.3 Å². The molecule has 0 amide bonds. The summed E-state index contributed by atoms with van der Waals surface area (Å²) in [5.74, 6) is 0.852. The molecule has 142 valence electrons. The summed E-state index contributed by atoms with van der Waals surface area (Å²) >= 11 is 0. The zero-order valence-electron chi connectivity index (χ0n) is 15.7. The molecule has 4 heterocycles. The predicted octanol–water partition coefficient (Wildman–Crippen LogP) is 2.42. The molecule has 5 rings (SSSR count). The fourth-order valence-electron chi connectivity index (χ4n) is 3.44. The van der Waals surface area contributed by atoms with Gasteiger partial charge in [0.25, 0.3) is 17.1 Å². The van der Waals surface area contributed by atoms with E-state index in [1.165, 1.54) is 4.57 Å². The monoisotopic (exact) mass is 384 g/mol. The van der Waals surface area contributed by atoms with Crippen molar-refractivity contribution in [2.75, 3.05) is 0 Å². The van der Waals surface area contributed by atoms with Crippen molar-refractivity contribution in [2.45, 2.75) is 13.8 Å². The van der Waals surface area contributed by atoms with Gasteiger partial charge in [-0.2, -0.15) is 4.98 Å². The molecular weight excluding hydrogens is 368 g/mol. The Hall–Kier alpha value is -4.07. The minimum atomic E-state index is -0.332. The fraction of sp³-hybridized carbons (Fsp3) is 0.0952. The topological polar surface area (TPSA) is 98.5 Å². The van der Waals surface area contributed by atoms with E-state index in [-0.39, 0.29) is 17.1 Å². The first-order valence-corrected chi connectivity index (χ1v) is 9.06. The lowest BCUT2D eigenvalue weighted by Gasteiger charge is -2.10. The van der Waals surface area contributed by atoms with Crippen LogP contribution in [0.2, 0.25) is 0 Å². The van der Waals surface area contributed by atoms with Crippen molar-refractivity contribution in [2.24, 2.45) is 0 Å². The summed E-state index contributed by atoms with van der Waals surface area (Å²) in [6.45, 7) is 3.70. The molecule has 1 N–H and O–H groups in total. The number of hydrogen-bond donors (Lipinski definition) is 1. The van der Waals surface area contributed by atoms with E-state index in [4.69, 9.17) is 0 Å². The van der Waals surface area contributed by atoms with Crippen molar-refractivity contribution in [3.05, 3.63) is 87.0 Å². The van der Waals surface area contributed by atoms with E-state index in [2.05, 4.69) is 20.2 Å². The van der Waals surface area contributed by atoms with Crippen LogP contribution in [0.15, 0.2) is 64.4 Å². The molecule has 8 nitrogen and oxygen atoms in total. The van der Waals surface area contributed by atoms with Crippen LogP contribution in [0.25, 0.3) is 33.4 Å². The fourth-order valence-corrected chi connectivity index (χ4v) is 3.44. The number of nitrogens with zero attached hydrogens (tertiary/aromatic N) is 5. The molecule has 0 aliphatic carbocycles. The van der Waals surface area contributed by atoms with Crippen LogP contribution < -0.4 is 11.1 Å². The van der Waals surface area contributed by atoms with Crippen molar-refractivity contribution < 1.29 is 0 Å². The van der Waals surface area contributed by atoms with Gasteiger partial charge in [0.15, 0.2) is 0 Å². The Morgan fingerprint density at radius 2 is 1.48 bits per heavy atom. The molecule has 0 fully saturated rings. The van der Waals surface area contributed by atoms with Crippen LogP contribution in [-0.2, 0) is 0 Å². The molecule has 0 atom stereocenters. The minimum Gasteiger partial charge on any atom is -0.283 e. The number of rotatable bonds is 2. The van der Waals surface area contributed by atoms with Gasteiger partial charge in [0.05, 0.1) is 27.5 Å². The number of pyridine rings is 3. The first-order chi connectivity index (χ1) is 14.0. The SMILES string of the molecule is Cc1nc(-n2ccc3nc4ccn(-c5ccccc5C)c(=O)c4cc3c2=O)n[nH]1. The molecule has 29 heavy (non-hydrogen) atoms. The zero-order chi connectivity index (χ0) is 20.1. The van der Waals surface area contributed by atoms with E-state index < -0.39 is 0 Å². The highest BCUT2D eigenvalue weighted by atomic mass is 16.1. The van der Waals surface area contributed by atoms with Gasteiger partial charge in [0.2, 0.25) is 0 Å². The highest BCUT2D eigenvalue weighted by Crippen LogP contribution is 2.17. The number of aryl methyl sites for hydroxylation is 2. The van der Waals surface area contributed by atoms with Crippen LogP contribution in [-0.4, -0.2) is 29.3 Å². The van der Waals surface area contributed by atoms with Gasteiger partial charge in [0.1, 0.15) is 5.82 Å². The Balaban J connectivity index is 1.80. The molecule has 0 aliphatic heterocycles. The Morgan fingerprint density at radius 3 is 2.14 bits per heavy atom. The molecule has 0 unspecified atom stereocenters. The lowest BCUT2D eigenvalue weighted by atomic mass is 10.1. The summed E-state index contributed by atoms with van der Waals surface area (Å²) in [6.07, 6.45) is 3.30. The lowest BCUT2D eigenvalue weighted by Crippen LogP contribution is -2.21. The van der Waals surface area contributed by atoms with Crippen molar-refractivity contribution in [1.82, 2.24) is 29.3 Å². The van der Waals surface area contributed by atoms with Crippen LogP contribution >= 0.6 is 0 Å². The number of hydrogen-bond acceptors (Lipinski definition) is 5. The smallest absolute Gasteiger partial charge is 0.267 e. The number of fused-ring (bicyclic) bond motifs is 2. The summed E-state index contributed by atoms with van der Waals surface area (Å²) in [4.78, 5) is 34.9. The van der Waals surface area contributed by atoms with Crippen LogP contribution in [0.4, 0.5) is 0 Å². The molecule has 0 spiro atoms. The van der Waals surface area contributed by atoms with Gasteiger partial charge < -0.3 is 0 Å². The predicted molar refractivity (Wildman–Crippen MR) is 110 cm³/mol. The summed E-state index contributed by atoms with van der Waals surface area (Å²) in [6, 6.07) is 12.7. The Kier molecular flexibility index (Phi) is 3.67. The number of H-pyrrole nitrogens is 1. The van der Waals surface area contributed by atoms with Crippen molar-refractivity contribution in [3.8, 4) is 11.6 Å². The van der Waals surface area contributed by atoms with Gasteiger partial charge in [-0.05, 0) is 43.7 Å². The molecule has 0 saturated heterocycles. The normalized spacial score (nSPS) is 11.4. The quantitative estimate of drug-likeness (QED) is 0.471. The molecule has 0 saturated carbocycles. The highest BCUT2D eigenvalue weighted by Gasteiger charge is 2.13. The molecule has 0 radical (unpaired) electrons. The number of aromatic amines is 1. The van der Waals surface area contributed by atoms with E-state index in [0.717, 1.165) is 11.3 Å². The average Bonchev–Trinajstić information content (AvgIpc) is 3.15. The van der Waals surface area contributed by atoms with E-state index in [1.807, 2.05) is 31.2 Å². The van der Waals surface area contributed by atoms with Gasteiger partial charge >= 0.3 is 0 Å². The van der Waals surface area contributed by atoms with Crippen LogP contribution in [0.1, 0.15) is 11.4 Å². The van der Waals surface area contributed by atoms with Crippen molar-refractivity contribution >= 4 is 21.8 Å². The van der Waals surface area contributed by atoms with Gasteiger partial charge in [0, 0.05) is 12.4 Å². The zero-order valence-corrected chi connectivity index (χ0v) is 15.7. The number of nitrogens with one attached hydrogen (secondary N) is 1. The Labute approximate surface area is 164 Å². The van der Waals surface area contributed by atoms with Crippen molar-refractivity contribution in [3.63, 3.8) is 0 Å². The molecule has 0 bridgehead atoms. The highest BCUT2D eigenvalue weighted by molar-refractivity contribution is 5.91. The van der Waals surface area contributed by atoms with E-state index in [0.29, 0.717) is 27.6 Å². The van der Waals surface area contributed by atoms with Crippen LogP contribution in [0.3, 0.4) is 0 Å². The third kappa shape index (κ3) is 2.65. The molecule has 8 heteroatoms. The Morgan fingerprint density at radius 1 is 0.828 bits per heavy atom. The van der Waals surface area contributed by atoms with Gasteiger partial charge in [-0.25, -0.2) is 9.55 Å². The second-order valence-corrected chi connectivity index (χ2v) is 6.84. The first-order valence-electron chi connectivity index (χ1n) is 9.06. The maximum absolute atomic E-state index is 13.2. The summed E-state index contributed by atoms with van der Waals surface area (Å²) < 4.78 is 2.91. The van der Waals surface area contributed by atoms with E-state index in [1.54, 1.807) is 42.1 Å². The standard InChI is InChI=1S/C21H16N6O2/c1-12-5-3-4-6-18(12)26-9-7-16-14(19(26)28)11-15-17(23-16)8-10-27(20(15)29)21-22-13(2)24-25-21/h3-11H,1-2H3,(H,22,24,25). The van der Waals surface area contributed by atoms with Gasteiger partial charge in [-0.1, -0.05) is 18.2 Å². The lowest BCUT2D eigenvalue weighted by molar-refractivity contribution is 0.901. The largest absolute Gasteiger partial charge is 0.283 e. The Bertz CT molecular complexity index is 1530. The van der Waals surface area contributed by atoms with E-state index >= 15 is 0 Å². The maximum Gasteiger partial charge on any atom is 0.267 e. The van der Waals surface area contributed by atoms with Crippen molar-refractivity contribution in [1.29, 1.82) is 0 Å². The van der Waals surface area contributed by atoms with E-state index in [9.17, 15) is 9.59 Å². The number of aromatic nitrogens is 6. The maximum atomic E-state index is 13.2.